The van der Waals surface area contributed by atoms with Gasteiger partial charge in [0.2, 0.25) is 0 Å². The fraction of sp³-hybridized carbons (Fsp3) is 0.158. The zero-order chi connectivity index (χ0) is 18.2. The zero-order valence-corrected chi connectivity index (χ0v) is 14.6. The predicted octanol–water partition coefficient (Wildman–Crippen LogP) is 4.29. The largest absolute Gasteiger partial charge is 0.497 e. The van der Waals surface area contributed by atoms with Gasteiger partial charge in [0.25, 0.3) is 5.91 Å². The highest BCUT2D eigenvalue weighted by Crippen LogP contribution is 2.27. The zero-order valence-electron chi connectivity index (χ0n) is 13.9. The van der Waals surface area contributed by atoms with E-state index in [0.717, 1.165) is 0 Å². The molecule has 5 nitrogen and oxygen atoms in total. The SMILES string of the molecule is CCOc1cc(OC)ccc1/C=C(\C#N)C(=O)Nc1cccc(Cl)c1. The highest BCUT2D eigenvalue weighted by atomic mass is 35.5. The third kappa shape index (κ3) is 5.00. The van der Waals surface area contributed by atoms with Crippen molar-refractivity contribution in [2.24, 2.45) is 0 Å². The number of hydrogen-bond donors (Lipinski definition) is 1. The molecule has 0 aromatic heterocycles. The molecule has 2 rings (SSSR count). The monoisotopic (exact) mass is 356 g/mol. The number of ether oxygens (including phenoxy) is 2. The quantitative estimate of drug-likeness (QED) is 0.619. The van der Waals surface area contributed by atoms with Crippen molar-refractivity contribution in [2.75, 3.05) is 19.0 Å². The number of carbonyl (C=O) groups is 1. The highest BCUT2D eigenvalue weighted by Gasteiger charge is 2.12. The maximum atomic E-state index is 12.3. The normalized spacial score (nSPS) is 10.7. The second-order valence-corrected chi connectivity index (χ2v) is 5.41. The van der Waals surface area contributed by atoms with Crippen LogP contribution >= 0.6 is 11.6 Å². The van der Waals surface area contributed by atoms with Crippen LogP contribution in [0, 0.1) is 11.3 Å². The predicted molar refractivity (Wildman–Crippen MR) is 97.8 cm³/mol. The van der Waals surface area contributed by atoms with E-state index >= 15 is 0 Å². The lowest BCUT2D eigenvalue weighted by Gasteiger charge is -2.10. The minimum atomic E-state index is -0.525. The summed E-state index contributed by atoms with van der Waals surface area (Å²) in [5.41, 5.74) is 1.07. The van der Waals surface area contributed by atoms with Crippen molar-refractivity contribution in [1.82, 2.24) is 0 Å². The Hall–Kier alpha value is -2.97. The van der Waals surface area contributed by atoms with Crippen LogP contribution in [-0.2, 0) is 4.79 Å². The van der Waals surface area contributed by atoms with Crippen molar-refractivity contribution in [3.05, 3.63) is 58.6 Å². The molecular formula is C19H17ClN2O3. The van der Waals surface area contributed by atoms with E-state index in [1.807, 2.05) is 13.0 Å². The fourth-order valence-corrected chi connectivity index (χ4v) is 2.30. The van der Waals surface area contributed by atoms with Gasteiger partial charge in [-0.05, 0) is 43.3 Å². The number of nitrogens with one attached hydrogen (secondary N) is 1. The minimum Gasteiger partial charge on any atom is -0.497 e. The summed E-state index contributed by atoms with van der Waals surface area (Å²) >= 11 is 5.90. The first-order valence-corrected chi connectivity index (χ1v) is 7.94. The van der Waals surface area contributed by atoms with Crippen LogP contribution in [0.1, 0.15) is 12.5 Å². The fourth-order valence-electron chi connectivity index (χ4n) is 2.11. The molecule has 25 heavy (non-hydrogen) atoms. The summed E-state index contributed by atoms with van der Waals surface area (Å²) < 4.78 is 10.7. The topological polar surface area (TPSA) is 71.3 Å². The Labute approximate surface area is 151 Å². The molecule has 0 aliphatic heterocycles. The summed E-state index contributed by atoms with van der Waals surface area (Å²) in [4.78, 5) is 12.3. The van der Waals surface area contributed by atoms with Crippen molar-refractivity contribution in [2.45, 2.75) is 6.92 Å². The number of anilines is 1. The molecule has 128 valence electrons. The van der Waals surface area contributed by atoms with Gasteiger partial charge in [0.1, 0.15) is 23.1 Å². The molecular weight excluding hydrogens is 340 g/mol. The average Bonchev–Trinajstić information content (AvgIpc) is 2.60. The van der Waals surface area contributed by atoms with Crippen molar-refractivity contribution >= 4 is 29.3 Å². The van der Waals surface area contributed by atoms with Gasteiger partial charge in [0, 0.05) is 22.3 Å². The van der Waals surface area contributed by atoms with Crippen molar-refractivity contribution in [3.63, 3.8) is 0 Å². The van der Waals surface area contributed by atoms with E-state index in [1.54, 1.807) is 49.6 Å². The van der Waals surface area contributed by atoms with Gasteiger partial charge < -0.3 is 14.8 Å². The van der Waals surface area contributed by atoms with E-state index < -0.39 is 5.91 Å². The molecule has 0 saturated carbocycles. The van der Waals surface area contributed by atoms with E-state index in [4.69, 9.17) is 21.1 Å². The Morgan fingerprint density at radius 1 is 1.32 bits per heavy atom. The van der Waals surface area contributed by atoms with Crippen molar-refractivity contribution in [1.29, 1.82) is 5.26 Å². The van der Waals surface area contributed by atoms with Crippen molar-refractivity contribution < 1.29 is 14.3 Å². The number of nitrogens with zero attached hydrogens (tertiary/aromatic N) is 1. The summed E-state index contributed by atoms with van der Waals surface area (Å²) in [5, 5.41) is 12.5. The van der Waals surface area contributed by atoms with Gasteiger partial charge in [0.05, 0.1) is 13.7 Å². The third-order valence-corrected chi connectivity index (χ3v) is 3.50. The summed E-state index contributed by atoms with van der Waals surface area (Å²) in [7, 11) is 1.56. The average molecular weight is 357 g/mol. The minimum absolute atomic E-state index is 0.0499. The van der Waals surface area contributed by atoms with Gasteiger partial charge >= 0.3 is 0 Å². The number of nitriles is 1. The first-order valence-electron chi connectivity index (χ1n) is 7.57. The Kier molecular flexibility index (Phi) is 6.44. The van der Waals surface area contributed by atoms with Crippen LogP contribution in [0.3, 0.4) is 0 Å². The molecule has 0 radical (unpaired) electrons. The van der Waals surface area contributed by atoms with Gasteiger partial charge in [-0.15, -0.1) is 0 Å². The first-order chi connectivity index (χ1) is 12.1. The van der Waals surface area contributed by atoms with Crippen LogP contribution in [0.4, 0.5) is 5.69 Å². The van der Waals surface area contributed by atoms with Crippen LogP contribution < -0.4 is 14.8 Å². The lowest BCUT2D eigenvalue weighted by Crippen LogP contribution is -2.13. The van der Waals surface area contributed by atoms with Crippen LogP contribution in [0.15, 0.2) is 48.0 Å². The molecule has 1 N–H and O–H groups in total. The molecule has 0 spiro atoms. The number of methoxy groups -OCH3 is 1. The van der Waals surface area contributed by atoms with Gasteiger partial charge in [-0.2, -0.15) is 5.26 Å². The number of benzene rings is 2. The summed E-state index contributed by atoms with van der Waals surface area (Å²) in [6.45, 7) is 2.30. The highest BCUT2D eigenvalue weighted by molar-refractivity contribution is 6.31. The number of hydrogen-bond acceptors (Lipinski definition) is 4. The molecule has 6 heteroatoms. The van der Waals surface area contributed by atoms with Crippen LogP contribution in [0.25, 0.3) is 6.08 Å². The summed E-state index contributed by atoms with van der Waals surface area (Å²) in [5.74, 6) is 0.635. The molecule has 0 atom stereocenters. The van der Waals surface area contributed by atoms with Gasteiger partial charge in [-0.1, -0.05) is 17.7 Å². The standard InChI is InChI=1S/C19H17ClN2O3/c1-3-25-18-11-17(24-2)8-7-13(18)9-14(12-21)19(23)22-16-6-4-5-15(20)10-16/h4-11H,3H2,1-2H3,(H,22,23)/b14-9+. The molecule has 0 unspecified atom stereocenters. The van der Waals surface area contributed by atoms with Gasteiger partial charge in [-0.25, -0.2) is 0 Å². The lowest BCUT2D eigenvalue weighted by molar-refractivity contribution is -0.112. The van der Waals surface area contributed by atoms with Crippen LogP contribution in [0.5, 0.6) is 11.5 Å². The van der Waals surface area contributed by atoms with Crippen LogP contribution in [-0.4, -0.2) is 19.6 Å². The number of carbonyl (C=O) groups excluding carboxylic acids is 1. The second-order valence-electron chi connectivity index (χ2n) is 4.97. The smallest absolute Gasteiger partial charge is 0.266 e. The Balaban J connectivity index is 2.30. The van der Waals surface area contributed by atoms with Crippen molar-refractivity contribution in [3.8, 4) is 17.6 Å². The lowest BCUT2D eigenvalue weighted by atomic mass is 10.1. The van der Waals surface area contributed by atoms with Gasteiger partial charge in [0.15, 0.2) is 0 Å². The Morgan fingerprint density at radius 2 is 2.12 bits per heavy atom. The van der Waals surface area contributed by atoms with E-state index in [9.17, 15) is 10.1 Å². The molecule has 0 heterocycles. The molecule has 1 amide bonds. The van der Waals surface area contributed by atoms with E-state index in [1.165, 1.54) is 6.08 Å². The molecule has 0 aliphatic carbocycles. The number of rotatable bonds is 6. The first kappa shape index (κ1) is 18.4. The van der Waals surface area contributed by atoms with Crippen LogP contribution in [0.2, 0.25) is 5.02 Å². The summed E-state index contributed by atoms with van der Waals surface area (Å²) in [6.07, 6.45) is 1.48. The van der Waals surface area contributed by atoms with E-state index in [-0.39, 0.29) is 5.57 Å². The van der Waals surface area contributed by atoms with Gasteiger partial charge in [-0.3, -0.25) is 4.79 Å². The molecule has 0 saturated heterocycles. The maximum absolute atomic E-state index is 12.3. The Morgan fingerprint density at radius 3 is 2.76 bits per heavy atom. The second kappa shape index (κ2) is 8.76. The molecule has 2 aromatic rings. The third-order valence-electron chi connectivity index (χ3n) is 3.27. The van der Waals surface area contributed by atoms with E-state index in [0.29, 0.717) is 34.4 Å². The molecule has 0 bridgehead atoms. The molecule has 2 aromatic carbocycles. The number of halogens is 1. The summed E-state index contributed by atoms with van der Waals surface area (Å²) in [6, 6.07) is 13.8. The number of amides is 1. The maximum Gasteiger partial charge on any atom is 0.266 e. The molecule has 0 fully saturated rings. The Bertz CT molecular complexity index is 841. The molecule has 0 aliphatic rings. The van der Waals surface area contributed by atoms with E-state index in [2.05, 4.69) is 5.32 Å².